The number of nitrogens with one attached hydrogen (secondary N) is 4. The maximum atomic E-state index is 12.5. The molecule has 4 N–H and O–H groups in total. The molecule has 172 valence electrons. The van der Waals surface area contributed by atoms with Crippen molar-refractivity contribution in [3.05, 3.63) is 35.4 Å². The second-order valence-corrected chi connectivity index (χ2v) is 11.3. The molecule has 1 aromatic carbocycles. The molecule has 9 heteroatoms. The molecule has 5 nitrogen and oxygen atoms in total. The molecule has 3 rings (SSSR count). The van der Waals surface area contributed by atoms with Gasteiger partial charge in [0.2, 0.25) is 9.70 Å². The molecule has 1 amide bonds. The standard InChI is InChI=1S/C22H31Cl3N4OS/c1-14-6-2-3-7-15(14)11-12-18(30)28-20(22(23,24)25)29-21(31)27-17-10-4-8-16-9-5-13-26-19(16)17/h2-3,6-7,16-17,19-20,26H,4-5,8-13H2,1H3,(H,28,30)(H2,27,29,31). The Labute approximate surface area is 205 Å². The van der Waals surface area contributed by atoms with Crippen molar-refractivity contribution in [2.75, 3.05) is 6.54 Å². The molecule has 1 aromatic rings. The Balaban J connectivity index is 1.53. The van der Waals surface area contributed by atoms with Gasteiger partial charge >= 0.3 is 0 Å². The maximum absolute atomic E-state index is 12.5. The highest BCUT2D eigenvalue weighted by atomic mass is 35.6. The predicted molar refractivity (Wildman–Crippen MR) is 133 cm³/mol. The molecule has 0 aromatic heterocycles. The van der Waals surface area contributed by atoms with Gasteiger partial charge in [0, 0.05) is 18.5 Å². The summed E-state index contributed by atoms with van der Waals surface area (Å²) in [6.07, 6.45) is 5.92. The number of thiocarbonyl (C=S) groups is 1. The number of amides is 1. The Kier molecular flexibility index (Phi) is 9.11. The minimum Gasteiger partial charge on any atom is -0.358 e. The fraction of sp³-hybridized carbons (Fsp3) is 0.636. The summed E-state index contributed by atoms with van der Waals surface area (Å²) in [6.45, 7) is 3.06. The first-order valence-corrected chi connectivity index (χ1v) is 12.5. The molecule has 0 radical (unpaired) electrons. The number of carbonyl (C=O) groups excluding carboxylic acids is 1. The van der Waals surface area contributed by atoms with Gasteiger partial charge in [-0.3, -0.25) is 4.79 Å². The molecule has 4 atom stereocenters. The van der Waals surface area contributed by atoms with E-state index in [-0.39, 0.29) is 11.9 Å². The Bertz CT molecular complexity index is 771. The maximum Gasteiger partial charge on any atom is 0.228 e. The highest BCUT2D eigenvalue weighted by molar-refractivity contribution is 7.80. The topological polar surface area (TPSA) is 65.2 Å². The van der Waals surface area contributed by atoms with E-state index in [9.17, 15) is 4.79 Å². The third-order valence-electron chi connectivity index (χ3n) is 6.27. The first-order valence-electron chi connectivity index (χ1n) is 10.9. The second kappa shape index (κ2) is 11.4. The van der Waals surface area contributed by atoms with Crippen molar-refractivity contribution < 1.29 is 4.79 Å². The van der Waals surface area contributed by atoms with Crippen molar-refractivity contribution >= 4 is 58.0 Å². The van der Waals surface area contributed by atoms with E-state index >= 15 is 0 Å². The molecule has 0 bridgehead atoms. The lowest BCUT2D eigenvalue weighted by molar-refractivity contribution is -0.121. The number of carbonyl (C=O) groups is 1. The molecule has 4 unspecified atom stereocenters. The van der Waals surface area contributed by atoms with Crippen molar-refractivity contribution in [3.63, 3.8) is 0 Å². The van der Waals surface area contributed by atoms with Crippen LogP contribution in [0, 0.1) is 12.8 Å². The monoisotopic (exact) mass is 504 g/mol. The van der Waals surface area contributed by atoms with Gasteiger partial charge in [-0.2, -0.15) is 0 Å². The highest BCUT2D eigenvalue weighted by Gasteiger charge is 2.37. The van der Waals surface area contributed by atoms with Crippen LogP contribution in [0.2, 0.25) is 0 Å². The van der Waals surface area contributed by atoms with E-state index in [4.69, 9.17) is 47.0 Å². The number of fused-ring (bicyclic) bond motifs is 1. The number of alkyl halides is 3. The van der Waals surface area contributed by atoms with E-state index < -0.39 is 9.96 Å². The smallest absolute Gasteiger partial charge is 0.228 e. The van der Waals surface area contributed by atoms with E-state index in [1.54, 1.807) is 0 Å². The molecule has 0 spiro atoms. The highest BCUT2D eigenvalue weighted by Crippen LogP contribution is 2.31. The second-order valence-electron chi connectivity index (χ2n) is 8.51. The minimum atomic E-state index is -1.75. The van der Waals surface area contributed by atoms with Crippen LogP contribution in [0.3, 0.4) is 0 Å². The Morgan fingerprint density at radius 1 is 1.19 bits per heavy atom. The molecule has 1 aliphatic heterocycles. The van der Waals surface area contributed by atoms with E-state index in [0.29, 0.717) is 29.9 Å². The third-order valence-corrected chi connectivity index (χ3v) is 7.16. The van der Waals surface area contributed by atoms with E-state index in [2.05, 4.69) is 21.3 Å². The summed E-state index contributed by atoms with van der Waals surface area (Å²) in [4.78, 5) is 12.5. The van der Waals surface area contributed by atoms with Crippen LogP contribution in [-0.4, -0.2) is 39.6 Å². The van der Waals surface area contributed by atoms with Crippen LogP contribution in [0.25, 0.3) is 0 Å². The Hall–Kier alpha value is -0.790. The van der Waals surface area contributed by atoms with Crippen LogP contribution in [0.5, 0.6) is 0 Å². The van der Waals surface area contributed by atoms with Crippen LogP contribution in [0.4, 0.5) is 0 Å². The van der Waals surface area contributed by atoms with Gasteiger partial charge in [-0.05, 0) is 74.8 Å². The molecular formula is C22H31Cl3N4OS. The van der Waals surface area contributed by atoms with Gasteiger partial charge in [0.1, 0.15) is 6.17 Å². The number of benzene rings is 1. The van der Waals surface area contributed by atoms with Crippen molar-refractivity contribution in [1.82, 2.24) is 21.3 Å². The van der Waals surface area contributed by atoms with Gasteiger partial charge in [-0.15, -0.1) is 0 Å². The van der Waals surface area contributed by atoms with Crippen molar-refractivity contribution in [1.29, 1.82) is 0 Å². The first-order chi connectivity index (χ1) is 14.7. The number of hydrogen-bond donors (Lipinski definition) is 4. The largest absolute Gasteiger partial charge is 0.358 e. The summed E-state index contributed by atoms with van der Waals surface area (Å²) >= 11 is 23.9. The van der Waals surface area contributed by atoms with Crippen molar-refractivity contribution in [2.24, 2.45) is 5.92 Å². The predicted octanol–water partition coefficient (Wildman–Crippen LogP) is 4.12. The molecule has 1 saturated heterocycles. The summed E-state index contributed by atoms with van der Waals surface area (Å²) < 4.78 is -1.75. The average Bonchev–Trinajstić information content (AvgIpc) is 2.72. The van der Waals surface area contributed by atoms with Crippen LogP contribution < -0.4 is 21.3 Å². The first kappa shape index (κ1) is 24.8. The molecule has 31 heavy (non-hydrogen) atoms. The van der Waals surface area contributed by atoms with Gasteiger partial charge in [-0.1, -0.05) is 65.5 Å². The minimum absolute atomic E-state index is 0.207. The Morgan fingerprint density at radius 2 is 1.94 bits per heavy atom. The normalized spacial score (nSPS) is 24.6. The fourth-order valence-corrected chi connectivity index (χ4v) is 5.22. The van der Waals surface area contributed by atoms with Crippen LogP contribution in [-0.2, 0) is 11.2 Å². The van der Waals surface area contributed by atoms with Crippen molar-refractivity contribution in [2.45, 2.75) is 73.9 Å². The van der Waals surface area contributed by atoms with Gasteiger partial charge in [0.25, 0.3) is 0 Å². The summed E-state index contributed by atoms with van der Waals surface area (Å²) in [5, 5.41) is 13.2. The van der Waals surface area contributed by atoms with Gasteiger partial charge < -0.3 is 21.3 Å². The summed E-state index contributed by atoms with van der Waals surface area (Å²) in [6, 6.07) is 8.62. The lowest BCUT2D eigenvalue weighted by atomic mass is 9.76. The molecule has 2 aliphatic rings. The SMILES string of the molecule is Cc1ccccc1CCC(=O)NC(NC(=S)NC1CCCC2CCCNC21)C(Cl)(Cl)Cl. The quantitative estimate of drug-likeness (QED) is 0.266. The zero-order chi connectivity index (χ0) is 22.4. The van der Waals surface area contributed by atoms with Gasteiger partial charge in [0.15, 0.2) is 5.11 Å². The van der Waals surface area contributed by atoms with Gasteiger partial charge in [-0.25, -0.2) is 0 Å². The number of rotatable bonds is 6. The summed E-state index contributed by atoms with van der Waals surface area (Å²) in [5.74, 6) is 0.467. The fourth-order valence-electron chi connectivity index (χ4n) is 4.63. The van der Waals surface area contributed by atoms with Crippen LogP contribution in [0.1, 0.15) is 49.7 Å². The third kappa shape index (κ3) is 7.36. The summed E-state index contributed by atoms with van der Waals surface area (Å²) in [7, 11) is 0. The molecule has 1 heterocycles. The van der Waals surface area contributed by atoms with E-state index in [0.717, 1.165) is 24.1 Å². The van der Waals surface area contributed by atoms with Crippen molar-refractivity contribution in [3.8, 4) is 0 Å². The molecule has 1 aliphatic carbocycles. The lowest BCUT2D eigenvalue weighted by Gasteiger charge is -2.43. The molecule has 2 fully saturated rings. The van der Waals surface area contributed by atoms with Crippen LogP contribution in [0.15, 0.2) is 24.3 Å². The van der Waals surface area contributed by atoms with Gasteiger partial charge in [0.05, 0.1) is 0 Å². The average molecular weight is 506 g/mol. The number of piperidine rings is 1. The zero-order valence-corrected chi connectivity index (χ0v) is 20.8. The summed E-state index contributed by atoms with van der Waals surface area (Å²) in [5.41, 5.74) is 2.28. The van der Waals surface area contributed by atoms with Crippen LogP contribution >= 0.6 is 47.0 Å². The molecular weight excluding hydrogens is 475 g/mol. The number of aryl methyl sites for hydroxylation is 2. The zero-order valence-electron chi connectivity index (χ0n) is 17.7. The number of hydrogen-bond acceptors (Lipinski definition) is 3. The van der Waals surface area contributed by atoms with E-state index in [1.807, 2.05) is 31.2 Å². The lowest BCUT2D eigenvalue weighted by Crippen LogP contribution is -2.62. The number of halogens is 3. The van der Waals surface area contributed by atoms with E-state index in [1.165, 1.54) is 25.7 Å². The molecule has 1 saturated carbocycles. The Morgan fingerprint density at radius 3 is 2.68 bits per heavy atom.